The Morgan fingerprint density at radius 2 is 1.19 bits per heavy atom. The molecule has 0 bridgehead atoms. The van der Waals surface area contributed by atoms with Gasteiger partial charge in [-0.05, 0) is 144 Å². The van der Waals surface area contributed by atoms with Crippen LogP contribution in [0.15, 0.2) is 85.7 Å². The highest BCUT2D eigenvalue weighted by atomic mass is 35.5. The van der Waals surface area contributed by atoms with Gasteiger partial charge >= 0.3 is 12.2 Å². The van der Waals surface area contributed by atoms with Crippen LogP contribution in [0.3, 0.4) is 0 Å². The lowest BCUT2D eigenvalue weighted by atomic mass is 9.91. The monoisotopic (exact) mass is 897 g/mol. The van der Waals surface area contributed by atoms with Gasteiger partial charge in [-0.1, -0.05) is 7.43 Å². The fraction of sp³-hybridized carbons (Fsp3) is 0.458. The van der Waals surface area contributed by atoms with E-state index in [1.165, 1.54) is 29.8 Å². The number of H-pyrrole nitrogens is 2. The summed E-state index contributed by atoms with van der Waals surface area (Å²) in [5.41, 5.74) is 2.78. The summed E-state index contributed by atoms with van der Waals surface area (Å²) < 4.78 is 38.6. The van der Waals surface area contributed by atoms with Crippen molar-refractivity contribution in [2.45, 2.75) is 116 Å². The molecule has 1 aliphatic carbocycles. The predicted molar refractivity (Wildman–Crippen MR) is 244 cm³/mol. The van der Waals surface area contributed by atoms with Gasteiger partial charge in [0.2, 0.25) is 11.2 Å². The number of anilines is 1. The molecule has 16 heteroatoms. The molecule has 0 spiro atoms. The van der Waals surface area contributed by atoms with Crippen molar-refractivity contribution in [1.29, 1.82) is 0 Å². The third-order valence-corrected chi connectivity index (χ3v) is 12.4. The van der Waals surface area contributed by atoms with Crippen molar-refractivity contribution in [3.63, 3.8) is 0 Å². The highest BCUT2D eigenvalue weighted by Gasteiger charge is 2.53. The van der Waals surface area contributed by atoms with Crippen molar-refractivity contribution < 1.29 is 27.8 Å². The molecule has 3 aliphatic heterocycles. The first kappa shape index (κ1) is 46.2. The van der Waals surface area contributed by atoms with Crippen molar-refractivity contribution in [3.8, 4) is 0 Å². The molecule has 0 unspecified atom stereocenters. The van der Waals surface area contributed by atoms with E-state index in [4.69, 9.17) is 21.1 Å². The molecular formula is C48H58ClF2N9O4. The zero-order chi connectivity index (χ0) is 44.6. The Balaban J connectivity index is 0.000000166. The number of nitrogens with one attached hydrogen (secondary N) is 2. The second-order valence-corrected chi connectivity index (χ2v) is 18.9. The molecule has 4 aromatic heterocycles. The van der Waals surface area contributed by atoms with Crippen molar-refractivity contribution in [1.82, 2.24) is 39.7 Å². The van der Waals surface area contributed by atoms with E-state index in [1.807, 2.05) is 69.8 Å². The lowest BCUT2D eigenvalue weighted by Crippen LogP contribution is -2.44. The lowest BCUT2D eigenvalue weighted by Gasteiger charge is -2.31. The van der Waals surface area contributed by atoms with Gasteiger partial charge in [-0.15, -0.1) is 0 Å². The van der Waals surface area contributed by atoms with Crippen LogP contribution < -0.4 is 4.90 Å². The average molecular weight is 898 g/mol. The van der Waals surface area contributed by atoms with Gasteiger partial charge in [0.05, 0.1) is 12.1 Å². The van der Waals surface area contributed by atoms with E-state index in [2.05, 4.69) is 34.8 Å². The minimum atomic E-state index is -0.566. The van der Waals surface area contributed by atoms with E-state index in [0.29, 0.717) is 30.2 Å². The van der Waals surface area contributed by atoms with Crippen LogP contribution in [0.5, 0.6) is 0 Å². The number of benzene rings is 2. The zero-order valence-electron chi connectivity index (χ0n) is 36.4. The molecule has 13 nitrogen and oxygen atoms in total. The number of hydrogen-bond donors (Lipinski definition) is 2. The molecule has 3 saturated heterocycles. The molecule has 2 amide bonds. The molecule has 340 valence electrons. The van der Waals surface area contributed by atoms with Crippen LogP contribution in [0.4, 0.5) is 24.3 Å². The molecule has 0 radical (unpaired) electrons. The summed E-state index contributed by atoms with van der Waals surface area (Å²) in [6.07, 6.45) is 14.1. The van der Waals surface area contributed by atoms with E-state index in [9.17, 15) is 18.4 Å². The maximum absolute atomic E-state index is 13.7. The number of amides is 2. The minimum absolute atomic E-state index is 0. The molecule has 1 saturated carbocycles. The maximum atomic E-state index is 13.7. The van der Waals surface area contributed by atoms with E-state index in [-0.39, 0.29) is 61.2 Å². The number of rotatable bonds is 3. The fourth-order valence-electron chi connectivity index (χ4n) is 9.88. The second-order valence-electron chi connectivity index (χ2n) is 18.6. The molecule has 2 aromatic carbocycles. The summed E-state index contributed by atoms with van der Waals surface area (Å²) in [6.45, 7) is 13.4. The van der Waals surface area contributed by atoms with Crippen LogP contribution >= 0.6 is 11.6 Å². The predicted octanol–water partition coefficient (Wildman–Crippen LogP) is 10.7. The molecule has 4 fully saturated rings. The van der Waals surface area contributed by atoms with Gasteiger partial charge < -0.3 is 34.1 Å². The SMILES string of the molecule is C.CC(C)(C)OC(=O)N1CC[C@@H]2[C@H]1[C@@H](c1c[nH]c3cc(F)ccc13)CN2c1ncccn1.CC(C)(C)OC(=O)N1CC[C@H]2CC[C@H](c3c[nH]c4cc(F)ccc34)[C@H]21.Clc1ncccn1. The first-order chi connectivity index (χ1) is 30.0. The van der Waals surface area contributed by atoms with Crippen LogP contribution in [0.1, 0.15) is 97.6 Å². The van der Waals surface area contributed by atoms with Gasteiger partial charge in [0.15, 0.2) is 0 Å². The highest BCUT2D eigenvalue weighted by Crippen LogP contribution is 2.49. The smallest absolute Gasteiger partial charge is 0.410 e. The number of likely N-dealkylation sites (tertiary alicyclic amines) is 2. The maximum Gasteiger partial charge on any atom is 0.410 e. The van der Waals surface area contributed by atoms with Crippen LogP contribution in [0, 0.1) is 17.6 Å². The summed E-state index contributed by atoms with van der Waals surface area (Å²) in [5, 5.41) is 2.32. The van der Waals surface area contributed by atoms with Crippen LogP contribution in [-0.2, 0) is 9.47 Å². The zero-order valence-corrected chi connectivity index (χ0v) is 37.2. The number of carbonyl (C=O) groups is 2. The van der Waals surface area contributed by atoms with E-state index in [0.717, 1.165) is 59.6 Å². The summed E-state index contributed by atoms with van der Waals surface area (Å²) in [4.78, 5) is 54.3. The topological polar surface area (TPSA) is 145 Å². The van der Waals surface area contributed by atoms with Gasteiger partial charge in [0.25, 0.3) is 0 Å². The third-order valence-electron chi connectivity index (χ3n) is 12.2. The first-order valence-corrected chi connectivity index (χ1v) is 21.9. The summed E-state index contributed by atoms with van der Waals surface area (Å²) >= 11 is 5.32. The number of fused-ring (bicyclic) bond motifs is 4. The quantitative estimate of drug-likeness (QED) is 0.166. The number of nitrogens with zero attached hydrogens (tertiary/aromatic N) is 7. The molecule has 4 aliphatic rings. The number of halogens is 3. The van der Waals surface area contributed by atoms with Crippen LogP contribution in [0.2, 0.25) is 5.28 Å². The lowest BCUT2D eigenvalue weighted by molar-refractivity contribution is 0.0198. The Bertz CT molecular complexity index is 2550. The number of carbonyl (C=O) groups excluding carboxylic acids is 2. The number of hydrogen-bond acceptors (Lipinski definition) is 9. The summed E-state index contributed by atoms with van der Waals surface area (Å²) in [5.74, 6) is 0.976. The van der Waals surface area contributed by atoms with Crippen LogP contribution in [-0.4, -0.2) is 101 Å². The van der Waals surface area contributed by atoms with Gasteiger partial charge in [-0.2, -0.15) is 0 Å². The normalized spacial score (nSPS) is 22.5. The molecule has 7 heterocycles. The standard InChI is InChI=1S/C23H26FN5O2.C20H25FN2O2.C4H3ClN2.CH4/c1-23(2,3)31-22(30)28-10-7-19-20(28)17(13-29(19)21-25-8-4-9-26-21)16-12-27-18-11-14(24)5-6-15(16)18;1-20(2,3)25-19(24)23-9-8-12-4-6-15(18(12)23)16-11-22-17-10-13(21)5-7-14(16)17;5-4-6-2-1-3-7-4;/h4-6,8-9,11-12,17,19-20,27H,7,10,13H2,1-3H3;5,7,10-12,15,18,22H,4,6,8-9H2,1-3H3;1-3H;1H4/t17-,19-,20-;12-,15-,18+;;/m11../s1. The van der Waals surface area contributed by atoms with Crippen molar-refractivity contribution in [2.24, 2.45) is 5.92 Å². The largest absolute Gasteiger partial charge is 0.444 e. The minimum Gasteiger partial charge on any atom is -0.444 e. The number of aromatic amines is 2. The molecule has 6 aromatic rings. The van der Waals surface area contributed by atoms with E-state index >= 15 is 0 Å². The summed E-state index contributed by atoms with van der Waals surface area (Å²) in [6, 6.07) is 13.4. The Morgan fingerprint density at radius 1 is 0.688 bits per heavy atom. The molecule has 64 heavy (non-hydrogen) atoms. The molecule has 6 atom stereocenters. The average Bonchev–Trinajstić information content (AvgIpc) is 4.08. The molecular weight excluding hydrogens is 840 g/mol. The number of ether oxygens (including phenoxy) is 2. The van der Waals surface area contributed by atoms with Gasteiger partial charge in [-0.3, -0.25) is 0 Å². The Hall–Kier alpha value is -5.83. The van der Waals surface area contributed by atoms with Gasteiger partial charge in [-0.25, -0.2) is 38.3 Å². The first-order valence-electron chi connectivity index (χ1n) is 21.5. The third kappa shape index (κ3) is 9.94. The summed E-state index contributed by atoms with van der Waals surface area (Å²) in [7, 11) is 0. The Kier molecular flexibility index (Phi) is 13.5. The van der Waals surface area contributed by atoms with Crippen molar-refractivity contribution in [3.05, 3.63) is 114 Å². The molecule has 2 N–H and O–H groups in total. The van der Waals surface area contributed by atoms with E-state index < -0.39 is 11.2 Å². The van der Waals surface area contributed by atoms with Crippen molar-refractivity contribution >= 4 is 51.5 Å². The fourth-order valence-corrected chi connectivity index (χ4v) is 9.99. The highest BCUT2D eigenvalue weighted by molar-refractivity contribution is 6.28. The van der Waals surface area contributed by atoms with Crippen molar-refractivity contribution in [2.75, 3.05) is 24.5 Å². The van der Waals surface area contributed by atoms with E-state index in [1.54, 1.807) is 43.0 Å². The number of aromatic nitrogens is 6. The second kappa shape index (κ2) is 18.7. The Labute approximate surface area is 377 Å². The molecule has 10 rings (SSSR count). The van der Waals surface area contributed by atoms with Crippen LogP contribution in [0.25, 0.3) is 21.8 Å². The Morgan fingerprint density at radius 3 is 1.70 bits per heavy atom. The van der Waals surface area contributed by atoms with Gasteiger partial charge in [0, 0.05) is 96.5 Å². The van der Waals surface area contributed by atoms with Gasteiger partial charge in [0.1, 0.15) is 22.8 Å².